The maximum Gasteiger partial charge on any atom is 0.123 e. The van der Waals surface area contributed by atoms with Crippen molar-refractivity contribution in [2.24, 2.45) is 26.7 Å². The van der Waals surface area contributed by atoms with E-state index in [1.54, 1.807) is 0 Å². The van der Waals surface area contributed by atoms with E-state index in [2.05, 4.69) is 30.5 Å². The molecule has 34 heavy (non-hydrogen) atoms. The van der Waals surface area contributed by atoms with Crippen molar-refractivity contribution in [3.63, 3.8) is 0 Å². The number of anilines is 1. The normalized spacial score (nSPS) is 31.9. The van der Waals surface area contributed by atoms with E-state index >= 15 is 0 Å². The number of fused-ring (bicyclic) bond motifs is 2. The smallest absolute Gasteiger partial charge is 0.123 e. The molecule has 5 heteroatoms. The number of benzene rings is 1. The Morgan fingerprint density at radius 3 is 2.71 bits per heavy atom. The maximum absolute atomic E-state index is 14.1. The van der Waals surface area contributed by atoms with E-state index in [0.29, 0.717) is 6.42 Å². The lowest BCUT2D eigenvalue weighted by Gasteiger charge is -2.37. The Hall–Kier alpha value is -2.56. The second-order valence-corrected chi connectivity index (χ2v) is 10.9. The van der Waals surface area contributed by atoms with Crippen LogP contribution in [-0.2, 0) is 0 Å². The molecule has 1 N–H and O–H groups in total. The fraction of sp³-hybridized carbons (Fsp3) is 0.552. The zero-order valence-electron chi connectivity index (χ0n) is 20.6. The van der Waals surface area contributed by atoms with Crippen LogP contribution in [0.15, 0.2) is 52.6 Å². The van der Waals surface area contributed by atoms with Crippen molar-refractivity contribution >= 4 is 29.0 Å². The third-order valence-corrected chi connectivity index (χ3v) is 8.68. The zero-order chi connectivity index (χ0) is 23.9. The minimum absolute atomic E-state index is 0.0687. The van der Waals surface area contributed by atoms with Gasteiger partial charge in [0.1, 0.15) is 12.0 Å². The quantitative estimate of drug-likeness (QED) is 0.375. The van der Waals surface area contributed by atoms with Gasteiger partial charge in [-0.3, -0.25) is 4.99 Å². The summed E-state index contributed by atoms with van der Waals surface area (Å²) in [7, 11) is 0. The molecule has 1 heterocycles. The van der Waals surface area contributed by atoms with Crippen LogP contribution in [0, 0.1) is 22.2 Å². The predicted molar refractivity (Wildman–Crippen MR) is 141 cm³/mol. The molecule has 0 radical (unpaired) electrons. The third kappa shape index (κ3) is 4.08. The van der Waals surface area contributed by atoms with E-state index in [1.807, 2.05) is 25.1 Å². The van der Waals surface area contributed by atoms with Gasteiger partial charge in [0, 0.05) is 47.6 Å². The van der Waals surface area contributed by atoms with Gasteiger partial charge in [0.25, 0.3) is 0 Å². The SMILES string of the molecule is C=C(C1CC1F)N(CC12CCC(C3=NC(CCC)=NC3)(CC1)C2)c1cccc(/C(C=N)=C/C)c1. The molecule has 2 bridgehead atoms. The van der Waals surface area contributed by atoms with Crippen LogP contribution < -0.4 is 4.90 Å². The fourth-order valence-electron chi connectivity index (χ4n) is 6.56. The maximum atomic E-state index is 14.1. The van der Waals surface area contributed by atoms with E-state index in [-0.39, 0.29) is 16.7 Å². The van der Waals surface area contributed by atoms with Crippen molar-refractivity contribution in [2.45, 2.75) is 71.4 Å². The molecule has 1 aromatic carbocycles. The van der Waals surface area contributed by atoms with Crippen molar-refractivity contribution in [2.75, 3.05) is 18.0 Å². The highest BCUT2D eigenvalue weighted by atomic mass is 19.1. The molecule has 1 aliphatic heterocycles. The van der Waals surface area contributed by atoms with Gasteiger partial charge in [0.2, 0.25) is 0 Å². The summed E-state index contributed by atoms with van der Waals surface area (Å²) in [4.78, 5) is 12.0. The number of rotatable bonds is 10. The van der Waals surface area contributed by atoms with Crippen LogP contribution in [-0.4, -0.2) is 37.0 Å². The summed E-state index contributed by atoms with van der Waals surface area (Å²) in [6.45, 7) is 10.2. The van der Waals surface area contributed by atoms with Crippen molar-refractivity contribution in [1.82, 2.24) is 0 Å². The van der Waals surface area contributed by atoms with Crippen LogP contribution >= 0.6 is 0 Å². The number of halogens is 1. The summed E-state index contributed by atoms with van der Waals surface area (Å²) in [6.07, 6.45) is 11.1. The average molecular weight is 461 g/mol. The van der Waals surface area contributed by atoms with E-state index in [4.69, 9.17) is 15.4 Å². The van der Waals surface area contributed by atoms with Crippen molar-refractivity contribution in [3.8, 4) is 0 Å². The number of alkyl halides is 1. The number of hydrogen-bond donors (Lipinski definition) is 1. The molecule has 1 aromatic rings. The van der Waals surface area contributed by atoms with Crippen LogP contribution in [0.25, 0.3) is 5.57 Å². The molecular formula is C29H37FN4. The van der Waals surface area contributed by atoms with Crippen LogP contribution in [0.3, 0.4) is 0 Å². The average Bonchev–Trinajstić information content (AvgIpc) is 3.20. The van der Waals surface area contributed by atoms with Gasteiger partial charge in [-0.15, -0.1) is 0 Å². The first kappa shape index (κ1) is 23.2. The van der Waals surface area contributed by atoms with Gasteiger partial charge in [0.15, 0.2) is 0 Å². The molecule has 180 valence electrons. The number of nitrogens with one attached hydrogen (secondary N) is 1. The molecule has 0 aromatic heterocycles. The number of allylic oxidation sites excluding steroid dienone is 3. The van der Waals surface area contributed by atoms with Crippen LogP contribution in [0.4, 0.5) is 10.1 Å². The highest BCUT2D eigenvalue weighted by Crippen LogP contribution is 2.63. The summed E-state index contributed by atoms with van der Waals surface area (Å²) in [5.41, 5.74) is 5.61. The minimum atomic E-state index is -0.767. The molecule has 0 saturated heterocycles. The summed E-state index contributed by atoms with van der Waals surface area (Å²) in [6, 6.07) is 8.34. The predicted octanol–water partition coefficient (Wildman–Crippen LogP) is 7.02. The summed E-state index contributed by atoms with van der Waals surface area (Å²) >= 11 is 0. The molecule has 0 amide bonds. The van der Waals surface area contributed by atoms with Crippen LogP contribution in [0.1, 0.15) is 70.8 Å². The number of hydrogen-bond acceptors (Lipinski definition) is 4. The first-order valence-electron chi connectivity index (χ1n) is 12.9. The van der Waals surface area contributed by atoms with Gasteiger partial charge in [0.05, 0.1) is 6.54 Å². The Kier molecular flexibility index (Phi) is 6.07. The molecule has 3 fully saturated rings. The lowest BCUT2D eigenvalue weighted by atomic mass is 9.79. The molecule has 3 saturated carbocycles. The minimum Gasteiger partial charge on any atom is -0.345 e. The number of nitrogens with zero attached hydrogens (tertiary/aromatic N) is 3. The Balaban J connectivity index is 1.40. The van der Waals surface area contributed by atoms with Gasteiger partial charge in [-0.05, 0) is 80.6 Å². The molecule has 2 unspecified atom stereocenters. The highest BCUT2D eigenvalue weighted by molar-refractivity contribution is 6.08. The molecule has 4 aliphatic rings. The van der Waals surface area contributed by atoms with Crippen molar-refractivity contribution < 1.29 is 4.39 Å². The lowest BCUT2D eigenvalue weighted by Crippen LogP contribution is -2.35. The second kappa shape index (κ2) is 8.90. The Bertz CT molecular complexity index is 1070. The van der Waals surface area contributed by atoms with Gasteiger partial charge in [-0.1, -0.05) is 31.7 Å². The molecular weight excluding hydrogens is 423 g/mol. The number of amidine groups is 1. The third-order valence-electron chi connectivity index (χ3n) is 8.68. The Morgan fingerprint density at radius 1 is 1.29 bits per heavy atom. The number of aliphatic imine (C=N–C) groups is 2. The summed E-state index contributed by atoms with van der Waals surface area (Å²) < 4.78 is 14.1. The largest absolute Gasteiger partial charge is 0.345 e. The van der Waals surface area contributed by atoms with Gasteiger partial charge in [-0.25, -0.2) is 9.38 Å². The summed E-state index contributed by atoms with van der Waals surface area (Å²) in [5.74, 6) is 0.970. The topological polar surface area (TPSA) is 51.8 Å². The van der Waals surface area contributed by atoms with E-state index < -0.39 is 6.17 Å². The van der Waals surface area contributed by atoms with Gasteiger partial charge >= 0.3 is 0 Å². The molecule has 5 rings (SSSR count). The zero-order valence-corrected chi connectivity index (χ0v) is 20.6. The van der Waals surface area contributed by atoms with E-state index in [9.17, 15) is 4.39 Å². The fourth-order valence-corrected chi connectivity index (χ4v) is 6.56. The monoisotopic (exact) mass is 460 g/mol. The highest BCUT2D eigenvalue weighted by Gasteiger charge is 2.57. The van der Waals surface area contributed by atoms with Gasteiger partial charge < -0.3 is 10.3 Å². The van der Waals surface area contributed by atoms with Crippen LogP contribution in [0.2, 0.25) is 0 Å². The molecule has 2 atom stereocenters. The van der Waals surface area contributed by atoms with Crippen LogP contribution in [0.5, 0.6) is 0 Å². The van der Waals surface area contributed by atoms with Gasteiger partial charge in [-0.2, -0.15) is 0 Å². The summed E-state index contributed by atoms with van der Waals surface area (Å²) in [5, 5.41) is 7.76. The molecule has 4 nitrogen and oxygen atoms in total. The standard InChI is InChI=1S/C29H37FN4/c1-4-7-27-32-17-26(33-27)29-12-10-28(18-29,11-13-29)19-34(20(3)24-15-25(24)30)23-9-6-8-22(14-23)21(5-2)16-31/h5-6,8-9,14,16,24-25,31H,3-4,7,10-13,15,17-19H2,1-2H3/b21-5+,31-16?. The molecule has 0 spiro atoms. The first-order valence-corrected chi connectivity index (χ1v) is 12.9. The first-order chi connectivity index (χ1) is 16.4. The lowest BCUT2D eigenvalue weighted by molar-refractivity contribution is 0.298. The molecule has 3 aliphatic carbocycles. The van der Waals surface area contributed by atoms with Crippen molar-refractivity contribution in [1.29, 1.82) is 5.41 Å². The van der Waals surface area contributed by atoms with Crippen molar-refractivity contribution in [3.05, 3.63) is 48.2 Å². The van der Waals surface area contributed by atoms with E-state index in [0.717, 1.165) is 60.7 Å². The Labute approximate surface area is 203 Å². The van der Waals surface area contributed by atoms with E-state index in [1.165, 1.54) is 37.6 Å². The Morgan fingerprint density at radius 2 is 2.06 bits per heavy atom. The second-order valence-electron chi connectivity index (χ2n) is 10.9.